The quantitative estimate of drug-likeness (QED) is 0.685. The first kappa shape index (κ1) is 15.0. The van der Waals surface area contributed by atoms with Crippen LogP contribution in [0.25, 0.3) is 6.08 Å². The van der Waals surface area contributed by atoms with Gasteiger partial charge in [0.2, 0.25) is 0 Å². The highest BCUT2D eigenvalue weighted by molar-refractivity contribution is 6.31. The van der Waals surface area contributed by atoms with Crippen molar-refractivity contribution >= 4 is 23.6 Å². The first-order valence-corrected chi connectivity index (χ1v) is 7.47. The van der Waals surface area contributed by atoms with Crippen molar-refractivity contribution in [2.75, 3.05) is 5.01 Å². The van der Waals surface area contributed by atoms with Gasteiger partial charge in [0.25, 0.3) is 11.8 Å². The average Bonchev–Trinajstić information content (AvgIpc) is 2.80. The second kappa shape index (κ2) is 5.72. The molecule has 2 amide bonds. The van der Waals surface area contributed by atoms with Gasteiger partial charge in [0.1, 0.15) is 5.57 Å². The summed E-state index contributed by atoms with van der Waals surface area (Å²) < 4.78 is 0. The molecule has 1 N–H and O–H groups in total. The number of rotatable bonds is 2. The minimum Gasteiger partial charge on any atom is -0.267 e. The molecule has 0 radical (unpaired) electrons. The summed E-state index contributed by atoms with van der Waals surface area (Å²) in [5, 5.41) is 1.30. The maximum Gasteiger partial charge on any atom is 0.282 e. The van der Waals surface area contributed by atoms with E-state index < -0.39 is 0 Å². The Hall–Kier alpha value is -2.88. The molecule has 3 rings (SSSR count). The largest absolute Gasteiger partial charge is 0.282 e. The van der Waals surface area contributed by atoms with Gasteiger partial charge in [0.15, 0.2) is 0 Å². The standard InChI is InChI=1S/C19H18N2O2/c1-12-4-7-15(8-5-12)11-17-18(22)20-21(19(17)23)16-9-6-13(2)14(3)10-16/h4-11H,1-3H3,(H,20,22)/b17-11+. The van der Waals surface area contributed by atoms with E-state index in [9.17, 15) is 9.59 Å². The lowest BCUT2D eigenvalue weighted by Crippen LogP contribution is -2.35. The Kier molecular flexibility index (Phi) is 3.74. The zero-order chi connectivity index (χ0) is 16.6. The van der Waals surface area contributed by atoms with Crippen LogP contribution in [0.4, 0.5) is 5.69 Å². The van der Waals surface area contributed by atoms with Crippen molar-refractivity contribution in [3.63, 3.8) is 0 Å². The van der Waals surface area contributed by atoms with Crippen molar-refractivity contribution in [3.05, 3.63) is 70.3 Å². The predicted octanol–water partition coefficient (Wildman–Crippen LogP) is 3.07. The van der Waals surface area contributed by atoms with Crippen LogP contribution in [0.15, 0.2) is 48.0 Å². The SMILES string of the molecule is Cc1ccc(/C=C2\C(=O)NN(c3ccc(C)c(C)c3)C2=O)cc1. The molecule has 0 unspecified atom stereocenters. The summed E-state index contributed by atoms with van der Waals surface area (Å²) in [5.74, 6) is -0.715. The van der Waals surface area contributed by atoms with Crippen LogP contribution in [0.1, 0.15) is 22.3 Å². The number of hydrogen-bond donors (Lipinski definition) is 1. The van der Waals surface area contributed by atoms with Crippen LogP contribution in [0.3, 0.4) is 0 Å². The van der Waals surface area contributed by atoms with Crippen LogP contribution in [0.5, 0.6) is 0 Å². The molecule has 116 valence electrons. The van der Waals surface area contributed by atoms with Gasteiger partial charge >= 0.3 is 0 Å². The summed E-state index contributed by atoms with van der Waals surface area (Å²) >= 11 is 0. The van der Waals surface area contributed by atoms with E-state index in [0.29, 0.717) is 5.69 Å². The summed E-state index contributed by atoms with van der Waals surface area (Å²) in [4.78, 5) is 24.7. The highest BCUT2D eigenvalue weighted by Gasteiger charge is 2.34. The van der Waals surface area contributed by atoms with Crippen LogP contribution < -0.4 is 10.4 Å². The second-order valence-electron chi connectivity index (χ2n) is 5.82. The van der Waals surface area contributed by atoms with Gasteiger partial charge in [-0.25, -0.2) is 5.01 Å². The molecule has 0 bridgehead atoms. The van der Waals surface area contributed by atoms with Crippen molar-refractivity contribution < 1.29 is 9.59 Å². The molecule has 4 heteroatoms. The van der Waals surface area contributed by atoms with Crippen LogP contribution in [0, 0.1) is 20.8 Å². The number of nitrogens with one attached hydrogen (secondary N) is 1. The van der Waals surface area contributed by atoms with Crippen LogP contribution in [0.2, 0.25) is 0 Å². The molecule has 1 fully saturated rings. The highest BCUT2D eigenvalue weighted by Crippen LogP contribution is 2.23. The molecule has 0 aliphatic carbocycles. The van der Waals surface area contributed by atoms with Crippen LogP contribution >= 0.6 is 0 Å². The summed E-state index contributed by atoms with van der Waals surface area (Å²) in [6.07, 6.45) is 1.62. The number of hydrogen-bond acceptors (Lipinski definition) is 2. The molecular weight excluding hydrogens is 288 g/mol. The Bertz CT molecular complexity index is 820. The van der Waals surface area contributed by atoms with Crippen molar-refractivity contribution in [1.82, 2.24) is 5.43 Å². The van der Waals surface area contributed by atoms with Gasteiger partial charge < -0.3 is 0 Å². The van der Waals surface area contributed by atoms with Gasteiger partial charge in [-0.15, -0.1) is 0 Å². The van der Waals surface area contributed by atoms with Gasteiger partial charge in [0.05, 0.1) is 5.69 Å². The monoisotopic (exact) mass is 306 g/mol. The first-order valence-electron chi connectivity index (χ1n) is 7.47. The zero-order valence-corrected chi connectivity index (χ0v) is 13.4. The predicted molar refractivity (Wildman–Crippen MR) is 90.7 cm³/mol. The summed E-state index contributed by atoms with van der Waals surface area (Å²) in [7, 11) is 0. The summed E-state index contributed by atoms with van der Waals surface area (Å²) in [6, 6.07) is 13.3. The molecule has 0 spiro atoms. The topological polar surface area (TPSA) is 49.4 Å². The maximum absolute atomic E-state index is 12.6. The molecule has 1 aliphatic heterocycles. The van der Waals surface area contributed by atoms with E-state index in [2.05, 4.69) is 5.43 Å². The average molecular weight is 306 g/mol. The number of aryl methyl sites for hydroxylation is 3. The number of carbonyl (C=O) groups excluding carboxylic acids is 2. The van der Waals surface area contributed by atoms with E-state index in [1.165, 1.54) is 5.01 Å². The third kappa shape index (κ3) is 2.88. The Morgan fingerprint density at radius 3 is 2.26 bits per heavy atom. The molecule has 2 aromatic rings. The number of anilines is 1. The summed E-state index contributed by atoms with van der Waals surface area (Å²) in [6.45, 7) is 5.97. The van der Waals surface area contributed by atoms with E-state index in [1.54, 1.807) is 6.08 Å². The fraction of sp³-hybridized carbons (Fsp3) is 0.158. The van der Waals surface area contributed by atoms with Crippen molar-refractivity contribution in [2.24, 2.45) is 0 Å². The summed E-state index contributed by atoms with van der Waals surface area (Å²) in [5.41, 5.74) is 7.61. The van der Waals surface area contributed by atoms with E-state index in [-0.39, 0.29) is 17.4 Å². The molecule has 4 nitrogen and oxygen atoms in total. The lowest BCUT2D eigenvalue weighted by Gasteiger charge is -2.15. The van der Waals surface area contributed by atoms with Crippen LogP contribution in [-0.4, -0.2) is 11.8 Å². The lowest BCUT2D eigenvalue weighted by atomic mass is 10.1. The normalized spacial score (nSPS) is 16.1. The van der Waals surface area contributed by atoms with Crippen LogP contribution in [-0.2, 0) is 9.59 Å². The number of benzene rings is 2. The highest BCUT2D eigenvalue weighted by atomic mass is 16.2. The van der Waals surface area contributed by atoms with E-state index in [1.807, 2.05) is 63.2 Å². The molecule has 2 aromatic carbocycles. The van der Waals surface area contributed by atoms with Crippen molar-refractivity contribution in [3.8, 4) is 0 Å². The Labute approximate surface area is 135 Å². The van der Waals surface area contributed by atoms with Gasteiger partial charge in [0, 0.05) is 0 Å². The van der Waals surface area contributed by atoms with E-state index in [4.69, 9.17) is 0 Å². The van der Waals surface area contributed by atoms with Gasteiger partial charge in [-0.1, -0.05) is 35.9 Å². The second-order valence-corrected chi connectivity index (χ2v) is 5.82. The first-order chi connectivity index (χ1) is 11.0. The number of carbonyl (C=O) groups is 2. The molecule has 1 saturated heterocycles. The molecule has 0 atom stereocenters. The molecular formula is C19H18N2O2. The molecule has 0 aromatic heterocycles. The molecule has 23 heavy (non-hydrogen) atoms. The third-order valence-electron chi connectivity index (χ3n) is 4.03. The lowest BCUT2D eigenvalue weighted by molar-refractivity contribution is -0.117. The van der Waals surface area contributed by atoms with Crippen molar-refractivity contribution in [2.45, 2.75) is 20.8 Å². The molecule has 1 heterocycles. The number of hydrazine groups is 1. The Morgan fingerprint density at radius 1 is 0.913 bits per heavy atom. The fourth-order valence-electron chi connectivity index (χ4n) is 2.43. The molecule has 1 aliphatic rings. The Morgan fingerprint density at radius 2 is 1.61 bits per heavy atom. The fourth-order valence-corrected chi connectivity index (χ4v) is 2.43. The van der Waals surface area contributed by atoms with E-state index in [0.717, 1.165) is 22.3 Å². The number of nitrogens with zero attached hydrogens (tertiary/aromatic N) is 1. The van der Waals surface area contributed by atoms with Gasteiger partial charge in [-0.05, 0) is 55.7 Å². The smallest absolute Gasteiger partial charge is 0.267 e. The minimum absolute atomic E-state index is 0.145. The minimum atomic E-state index is -0.381. The maximum atomic E-state index is 12.6. The molecule has 0 saturated carbocycles. The van der Waals surface area contributed by atoms with Gasteiger partial charge in [-0.2, -0.15) is 0 Å². The zero-order valence-electron chi connectivity index (χ0n) is 13.4. The number of amides is 2. The van der Waals surface area contributed by atoms with E-state index >= 15 is 0 Å². The van der Waals surface area contributed by atoms with Gasteiger partial charge in [-0.3, -0.25) is 15.0 Å². The van der Waals surface area contributed by atoms with Crippen molar-refractivity contribution in [1.29, 1.82) is 0 Å². The third-order valence-corrected chi connectivity index (χ3v) is 4.03. The Balaban J connectivity index is 1.93.